The normalized spacial score (nSPS) is 10.5. The van der Waals surface area contributed by atoms with Crippen molar-refractivity contribution < 1.29 is 4.79 Å². The fourth-order valence-electron chi connectivity index (χ4n) is 1.91. The quantitative estimate of drug-likeness (QED) is 0.889. The van der Waals surface area contributed by atoms with Crippen LogP contribution in [0.1, 0.15) is 21.1 Å². The monoisotopic (exact) mass is 304 g/mol. The Morgan fingerprint density at radius 3 is 2.81 bits per heavy atom. The van der Waals surface area contributed by atoms with Crippen LogP contribution in [0.5, 0.6) is 0 Å². The molecule has 0 aliphatic carbocycles. The van der Waals surface area contributed by atoms with Gasteiger partial charge in [0.15, 0.2) is 0 Å². The Balaban J connectivity index is 2.11. The maximum absolute atomic E-state index is 12.2. The van der Waals surface area contributed by atoms with Crippen LogP contribution in [-0.2, 0) is 6.42 Å². The number of hydrogen-bond donors (Lipinski definition) is 2. The summed E-state index contributed by atoms with van der Waals surface area (Å²) in [4.78, 5) is 18.5. The predicted molar refractivity (Wildman–Crippen MR) is 88.3 cm³/mol. The minimum absolute atomic E-state index is 0.185. The van der Waals surface area contributed by atoms with Gasteiger partial charge in [0.25, 0.3) is 5.91 Å². The lowest BCUT2D eigenvalue weighted by Crippen LogP contribution is -2.14. The molecule has 0 aliphatic rings. The van der Waals surface area contributed by atoms with E-state index in [9.17, 15) is 4.79 Å². The Kier molecular flexibility index (Phi) is 4.93. The summed E-state index contributed by atoms with van der Waals surface area (Å²) in [6, 6.07) is 5.93. The molecule has 0 saturated heterocycles. The van der Waals surface area contributed by atoms with Gasteiger partial charge in [-0.05, 0) is 37.2 Å². The summed E-state index contributed by atoms with van der Waals surface area (Å²) in [5.41, 5.74) is 8.86. The SMILES string of the molecule is Cc1cc(N(C)C)ccc1NC(=O)c1csc(CCN)n1. The molecule has 1 heterocycles. The number of thiazole rings is 1. The van der Waals surface area contributed by atoms with Gasteiger partial charge in [0.2, 0.25) is 0 Å². The highest BCUT2D eigenvalue weighted by atomic mass is 32.1. The molecule has 5 nitrogen and oxygen atoms in total. The van der Waals surface area contributed by atoms with Gasteiger partial charge in [0, 0.05) is 37.3 Å². The second kappa shape index (κ2) is 6.69. The first-order chi connectivity index (χ1) is 10.0. The first kappa shape index (κ1) is 15.5. The summed E-state index contributed by atoms with van der Waals surface area (Å²) in [5, 5.41) is 5.56. The van der Waals surface area contributed by atoms with Gasteiger partial charge in [-0.3, -0.25) is 4.79 Å². The van der Waals surface area contributed by atoms with Crippen molar-refractivity contribution in [3.8, 4) is 0 Å². The number of carbonyl (C=O) groups is 1. The molecule has 0 aliphatic heterocycles. The van der Waals surface area contributed by atoms with E-state index < -0.39 is 0 Å². The fourth-order valence-corrected chi connectivity index (χ4v) is 2.70. The summed E-state index contributed by atoms with van der Waals surface area (Å²) in [6.07, 6.45) is 0.703. The van der Waals surface area contributed by atoms with E-state index in [-0.39, 0.29) is 5.91 Å². The van der Waals surface area contributed by atoms with Crippen molar-refractivity contribution in [1.82, 2.24) is 4.98 Å². The molecular formula is C15H20N4OS. The Morgan fingerprint density at radius 1 is 1.43 bits per heavy atom. The minimum atomic E-state index is -0.185. The molecule has 1 aromatic carbocycles. The largest absolute Gasteiger partial charge is 0.378 e. The molecule has 0 radical (unpaired) electrons. The third-order valence-electron chi connectivity index (χ3n) is 3.12. The first-order valence-electron chi connectivity index (χ1n) is 6.75. The zero-order valence-corrected chi connectivity index (χ0v) is 13.3. The van der Waals surface area contributed by atoms with Crippen LogP contribution in [0.15, 0.2) is 23.6 Å². The van der Waals surface area contributed by atoms with Crippen LogP contribution < -0.4 is 16.0 Å². The highest BCUT2D eigenvalue weighted by Crippen LogP contribution is 2.22. The Morgan fingerprint density at radius 2 is 2.19 bits per heavy atom. The van der Waals surface area contributed by atoms with Crippen LogP contribution in [0.3, 0.4) is 0 Å². The molecule has 3 N–H and O–H groups in total. The van der Waals surface area contributed by atoms with E-state index in [2.05, 4.69) is 10.3 Å². The van der Waals surface area contributed by atoms with Crippen molar-refractivity contribution in [2.24, 2.45) is 5.73 Å². The molecule has 2 rings (SSSR count). The number of hydrogen-bond acceptors (Lipinski definition) is 5. The summed E-state index contributed by atoms with van der Waals surface area (Å²) in [5.74, 6) is -0.185. The molecule has 1 amide bonds. The number of anilines is 2. The van der Waals surface area contributed by atoms with Crippen molar-refractivity contribution in [3.63, 3.8) is 0 Å². The molecule has 112 valence electrons. The number of aromatic nitrogens is 1. The lowest BCUT2D eigenvalue weighted by Gasteiger charge is -2.15. The number of rotatable bonds is 5. The molecular weight excluding hydrogens is 284 g/mol. The maximum atomic E-state index is 12.2. The predicted octanol–water partition coefficient (Wildman–Crippen LogP) is 2.27. The van der Waals surface area contributed by atoms with E-state index in [0.717, 1.165) is 21.9 Å². The van der Waals surface area contributed by atoms with Gasteiger partial charge in [0.1, 0.15) is 5.69 Å². The van der Waals surface area contributed by atoms with Gasteiger partial charge in [-0.2, -0.15) is 0 Å². The molecule has 6 heteroatoms. The van der Waals surface area contributed by atoms with Gasteiger partial charge in [0.05, 0.1) is 5.01 Å². The van der Waals surface area contributed by atoms with Crippen molar-refractivity contribution in [1.29, 1.82) is 0 Å². The van der Waals surface area contributed by atoms with Crippen molar-refractivity contribution in [2.45, 2.75) is 13.3 Å². The zero-order valence-electron chi connectivity index (χ0n) is 12.5. The molecule has 0 spiro atoms. The molecule has 0 saturated carbocycles. The van der Waals surface area contributed by atoms with Crippen LogP contribution in [0.25, 0.3) is 0 Å². The summed E-state index contributed by atoms with van der Waals surface area (Å²) < 4.78 is 0. The van der Waals surface area contributed by atoms with E-state index >= 15 is 0 Å². The number of carbonyl (C=O) groups excluding carboxylic acids is 1. The number of nitrogens with zero attached hydrogens (tertiary/aromatic N) is 2. The minimum Gasteiger partial charge on any atom is -0.378 e. The molecule has 1 aromatic heterocycles. The molecule has 2 aromatic rings. The standard InChI is InChI=1S/C15H20N4OS/c1-10-8-11(19(2)3)4-5-12(10)18-15(20)13-9-21-14(17-13)6-7-16/h4-5,8-9H,6-7,16H2,1-3H3,(H,18,20). The van der Waals surface area contributed by atoms with E-state index in [4.69, 9.17) is 5.73 Å². The van der Waals surface area contributed by atoms with E-state index in [1.807, 2.05) is 44.1 Å². The Labute approximate surface area is 128 Å². The molecule has 0 unspecified atom stereocenters. The maximum Gasteiger partial charge on any atom is 0.275 e. The van der Waals surface area contributed by atoms with Gasteiger partial charge in [-0.1, -0.05) is 0 Å². The molecule has 21 heavy (non-hydrogen) atoms. The molecule has 0 fully saturated rings. The van der Waals surface area contributed by atoms with Crippen LogP contribution in [-0.4, -0.2) is 31.5 Å². The van der Waals surface area contributed by atoms with Crippen LogP contribution in [0.4, 0.5) is 11.4 Å². The average Bonchev–Trinajstić information content (AvgIpc) is 2.90. The van der Waals surface area contributed by atoms with E-state index in [1.165, 1.54) is 11.3 Å². The van der Waals surface area contributed by atoms with Crippen LogP contribution in [0, 0.1) is 6.92 Å². The first-order valence-corrected chi connectivity index (χ1v) is 7.63. The zero-order chi connectivity index (χ0) is 15.4. The van der Waals surface area contributed by atoms with Crippen molar-refractivity contribution >= 4 is 28.6 Å². The molecule has 0 bridgehead atoms. The number of nitrogens with one attached hydrogen (secondary N) is 1. The Hall–Kier alpha value is -1.92. The molecule has 0 atom stereocenters. The van der Waals surface area contributed by atoms with Gasteiger partial charge in [-0.25, -0.2) is 4.98 Å². The topological polar surface area (TPSA) is 71.2 Å². The van der Waals surface area contributed by atoms with Gasteiger partial charge < -0.3 is 16.0 Å². The van der Waals surface area contributed by atoms with Crippen LogP contribution >= 0.6 is 11.3 Å². The van der Waals surface area contributed by atoms with E-state index in [0.29, 0.717) is 18.7 Å². The summed E-state index contributed by atoms with van der Waals surface area (Å²) in [7, 11) is 3.97. The second-order valence-corrected chi connectivity index (χ2v) is 5.96. The highest BCUT2D eigenvalue weighted by molar-refractivity contribution is 7.09. The smallest absolute Gasteiger partial charge is 0.275 e. The summed E-state index contributed by atoms with van der Waals surface area (Å²) >= 11 is 1.46. The third-order valence-corrected chi connectivity index (χ3v) is 4.03. The number of amides is 1. The van der Waals surface area contributed by atoms with Gasteiger partial charge in [-0.15, -0.1) is 11.3 Å². The van der Waals surface area contributed by atoms with Gasteiger partial charge >= 0.3 is 0 Å². The fraction of sp³-hybridized carbons (Fsp3) is 0.333. The highest BCUT2D eigenvalue weighted by Gasteiger charge is 2.12. The lowest BCUT2D eigenvalue weighted by atomic mass is 10.1. The Bertz CT molecular complexity index is 636. The van der Waals surface area contributed by atoms with Crippen molar-refractivity contribution in [2.75, 3.05) is 30.9 Å². The number of nitrogens with two attached hydrogens (primary N) is 1. The number of aryl methyl sites for hydroxylation is 1. The average molecular weight is 304 g/mol. The summed E-state index contributed by atoms with van der Waals surface area (Å²) in [6.45, 7) is 2.52. The van der Waals surface area contributed by atoms with E-state index in [1.54, 1.807) is 5.38 Å². The van der Waals surface area contributed by atoms with Crippen LogP contribution in [0.2, 0.25) is 0 Å². The third kappa shape index (κ3) is 3.80. The second-order valence-electron chi connectivity index (χ2n) is 5.01. The lowest BCUT2D eigenvalue weighted by molar-refractivity contribution is 0.102. The van der Waals surface area contributed by atoms with Crippen molar-refractivity contribution in [3.05, 3.63) is 39.8 Å². The number of benzene rings is 1.